The second-order valence-corrected chi connectivity index (χ2v) is 6.06. The van der Waals surface area contributed by atoms with Crippen LogP contribution in [0.25, 0.3) is 0 Å². The summed E-state index contributed by atoms with van der Waals surface area (Å²) in [6.07, 6.45) is 0.983. The Morgan fingerprint density at radius 1 is 1.28 bits per heavy atom. The summed E-state index contributed by atoms with van der Waals surface area (Å²) in [6, 6.07) is 7.76. The van der Waals surface area contributed by atoms with Gasteiger partial charge in [-0.3, -0.25) is 4.21 Å². The first-order valence-corrected chi connectivity index (χ1v) is 7.63. The van der Waals surface area contributed by atoms with Crippen molar-refractivity contribution in [3.05, 3.63) is 24.3 Å². The Balaban J connectivity index is 2.78. The zero-order chi connectivity index (χ0) is 13.5. The van der Waals surface area contributed by atoms with E-state index in [-0.39, 0.29) is 11.3 Å². The number of methoxy groups -OCH3 is 1. The third-order valence-electron chi connectivity index (χ3n) is 3.10. The van der Waals surface area contributed by atoms with E-state index < -0.39 is 10.8 Å². The molecular formula is C14H23NO2S. The van der Waals surface area contributed by atoms with Gasteiger partial charge < -0.3 is 10.1 Å². The predicted molar refractivity (Wildman–Crippen MR) is 76.6 cm³/mol. The topological polar surface area (TPSA) is 38.3 Å². The van der Waals surface area contributed by atoms with Crippen LogP contribution in [0.4, 0.5) is 0 Å². The average Bonchev–Trinajstić information content (AvgIpc) is 2.43. The fourth-order valence-corrected chi connectivity index (χ4v) is 3.40. The van der Waals surface area contributed by atoms with Gasteiger partial charge >= 0.3 is 0 Å². The van der Waals surface area contributed by atoms with Crippen molar-refractivity contribution in [2.24, 2.45) is 0 Å². The first kappa shape index (κ1) is 15.2. The van der Waals surface area contributed by atoms with E-state index in [9.17, 15) is 4.21 Å². The number of nitrogens with one attached hydrogen (secondary N) is 1. The molecule has 0 aliphatic carbocycles. The van der Waals surface area contributed by atoms with Crippen LogP contribution in [0.1, 0.15) is 27.2 Å². The maximum absolute atomic E-state index is 12.4. The third-order valence-corrected chi connectivity index (χ3v) is 4.84. The standard InChI is InChI=1S/C14H23NO2S/c1-5-14(15-6-2)11(3)18(16)13-9-7-12(17-4)8-10-13/h7-11,14-15H,5-6H2,1-4H3. The molecule has 3 atom stereocenters. The van der Waals surface area contributed by atoms with Crippen molar-refractivity contribution in [1.29, 1.82) is 0 Å². The molecule has 1 rings (SSSR count). The van der Waals surface area contributed by atoms with Gasteiger partial charge in [0.15, 0.2) is 0 Å². The molecule has 1 aromatic carbocycles. The molecule has 0 bridgehead atoms. The van der Waals surface area contributed by atoms with Crippen molar-refractivity contribution >= 4 is 10.8 Å². The molecule has 3 unspecified atom stereocenters. The molecule has 4 heteroatoms. The molecule has 0 saturated heterocycles. The fraction of sp³-hybridized carbons (Fsp3) is 0.571. The van der Waals surface area contributed by atoms with Crippen LogP contribution in [-0.2, 0) is 10.8 Å². The van der Waals surface area contributed by atoms with Crippen molar-refractivity contribution < 1.29 is 8.95 Å². The van der Waals surface area contributed by atoms with Crippen LogP contribution in [0, 0.1) is 0 Å². The van der Waals surface area contributed by atoms with Crippen molar-refractivity contribution in [1.82, 2.24) is 5.32 Å². The normalized spacial score (nSPS) is 16.0. The van der Waals surface area contributed by atoms with Gasteiger partial charge in [-0.1, -0.05) is 13.8 Å². The Morgan fingerprint density at radius 2 is 1.89 bits per heavy atom. The van der Waals surface area contributed by atoms with E-state index in [1.54, 1.807) is 7.11 Å². The molecule has 1 N–H and O–H groups in total. The van der Waals surface area contributed by atoms with Gasteiger partial charge in [-0.25, -0.2) is 0 Å². The highest BCUT2D eigenvalue weighted by Crippen LogP contribution is 2.18. The van der Waals surface area contributed by atoms with Gasteiger partial charge in [0.25, 0.3) is 0 Å². The summed E-state index contributed by atoms with van der Waals surface area (Å²) in [5.41, 5.74) is 0. The number of ether oxygens (including phenoxy) is 1. The van der Waals surface area contributed by atoms with Gasteiger partial charge in [0.2, 0.25) is 0 Å². The largest absolute Gasteiger partial charge is 0.497 e. The van der Waals surface area contributed by atoms with E-state index in [4.69, 9.17) is 4.74 Å². The number of hydrogen-bond acceptors (Lipinski definition) is 3. The lowest BCUT2D eigenvalue weighted by atomic mass is 10.2. The van der Waals surface area contributed by atoms with Gasteiger partial charge in [0.05, 0.1) is 23.2 Å². The second-order valence-electron chi connectivity index (χ2n) is 4.25. The van der Waals surface area contributed by atoms with E-state index in [1.165, 1.54) is 0 Å². The maximum atomic E-state index is 12.4. The summed E-state index contributed by atoms with van der Waals surface area (Å²) in [4.78, 5) is 0.861. The summed E-state index contributed by atoms with van der Waals surface area (Å²) in [6.45, 7) is 7.14. The molecule has 18 heavy (non-hydrogen) atoms. The SMILES string of the molecule is CCNC(CC)C(C)S(=O)c1ccc(OC)cc1. The van der Waals surface area contributed by atoms with Crippen LogP contribution in [0.5, 0.6) is 5.75 Å². The molecule has 3 nitrogen and oxygen atoms in total. The summed E-state index contributed by atoms with van der Waals surface area (Å²) in [5.74, 6) is 0.794. The molecule has 0 aromatic heterocycles. The summed E-state index contributed by atoms with van der Waals surface area (Å²) in [7, 11) is 0.644. The van der Waals surface area contributed by atoms with Crippen LogP contribution in [0.2, 0.25) is 0 Å². The molecular weight excluding hydrogens is 246 g/mol. The third kappa shape index (κ3) is 3.82. The van der Waals surface area contributed by atoms with Crippen molar-refractivity contribution in [3.8, 4) is 5.75 Å². The van der Waals surface area contributed by atoms with E-state index in [0.29, 0.717) is 0 Å². The first-order chi connectivity index (χ1) is 8.63. The monoisotopic (exact) mass is 269 g/mol. The zero-order valence-corrected chi connectivity index (χ0v) is 12.4. The lowest BCUT2D eigenvalue weighted by Crippen LogP contribution is -2.39. The molecule has 0 heterocycles. The number of hydrogen-bond donors (Lipinski definition) is 1. The zero-order valence-electron chi connectivity index (χ0n) is 11.6. The van der Waals surface area contributed by atoms with Crippen molar-refractivity contribution in [3.63, 3.8) is 0 Å². The number of rotatable bonds is 7. The molecule has 0 saturated carbocycles. The van der Waals surface area contributed by atoms with Crippen LogP contribution in [0.15, 0.2) is 29.2 Å². The lowest BCUT2D eigenvalue weighted by molar-refractivity contribution is 0.414. The van der Waals surface area contributed by atoms with Crippen LogP contribution < -0.4 is 10.1 Å². The smallest absolute Gasteiger partial charge is 0.118 e. The van der Waals surface area contributed by atoms with E-state index >= 15 is 0 Å². The minimum Gasteiger partial charge on any atom is -0.497 e. The number of benzene rings is 1. The van der Waals surface area contributed by atoms with Gasteiger partial charge in [-0.15, -0.1) is 0 Å². The molecule has 1 aromatic rings. The Hall–Kier alpha value is -0.870. The van der Waals surface area contributed by atoms with E-state index in [1.807, 2.05) is 31.2 Å². The van der Waals surface area contributed by atoms with Gasteiger partial charge in [-0.05, 0) is 44.2 Å². The van der Waals surface area contributed by atoms with Crippen LogP contribution >= 0.6 is 0 Å². The van der Waals surface area contributed by atoms with Gasteiger partial charge in [-0.2, -0.15) is 0 Å². The van der Waals surface area contributed by atoms with Gasteiger partial charge in [0.1, 0.15) is 5.75 Å². The predicted octanol–water partition coefficient (Wildman–Crippen LogP) is 2.58. The molecule has 0 fully saturated rings. The molecule has 0 radical (unpaired) electrons. The first-order valence-electron chi connectivity index (χ1n) is 6.42. The molecule has 0 spiro atoms. The maximum Gasteiger partial charge on any atom is 0.118 e. The summed E-state index contributed by atoms with van der Waals surface area (Å²) in [5, 5.41) is 3.49. The van der Waals surface area contributed by atoms with Crippen molar-refractivity contribution in [2.75, 3.05) is 13.7 Å². The van der Waals surface area contributed by atoms with Gasteiger partial charge in [0, 0.05) is 10.9 Å². The van der Waals surface area contributed by atoms with E-state index in [0.717, 1.165) is 23.6 Å². The van der Waals surface area contributed by atoms with Crippen LogP contribution in [0.3, 0.4) is 0 Å². The Kier molecular flexibility index (Phi) is 6.36. The summed E-state index contributed by atoms with van der Waals surface area (Å²) < 4.78 is 17.6. The molecule has 0 amide bonds. The second kappa shape index (κ2) is 7.54. The minimum atomic E-state index is -0.988. The minimum absolute atomic E-state index is 0.100. The van der Waals surface area contributed by atoms with Crippen LogP contribution in [-0.4, -0.2) is 29.2 Å². The van der Waals surface area contributed by atoms with E-state index in [2.05, 4.69) is 19.2 Å². The Labute approximate surface area is 112 Å². The average molecular weight is 269 g/mol. The molecule has 0 aliphatic heterocycles. The quantitative estimate of drug-likeness (QED) is 0.827. The highest BCUT2D eigenvalue weighted by molar-refractivity contribution is 7.85. The highest BCUT2D eigenvalue weighted by Gasteiger charge is 2.21. The lowest BCUT2D eigenvalue weighted by Gasteiger charge is -2.23. The Morgan fingerprint density at radius 3 is 2.33 bits per heavy atom. The molecule has 0 aliphatic rings. The summed E-state index contributed by atoms with van der Waals surface area (Å²) >= 11 is 0. The fourth-order valence-electron chi connectivity index (χ4n) is 1.98. The molecule has 102 valence electrons. The highest BCUT2D eigenvalue weighted by atomic mass is 32.2. The Bertz CT molecular complexity index is 378. The van der Waals surface area contributed by atoms with Crippen molar-refractivity contribution in [2.45, 2.75) is 43.4 Å².